The highest BCUT2D eigenvalue weighted by atomic mass is 32.2. The van der Waals surface area contributed by atoms with Crippen LogP contribution in [0.3, 0.4) is 0 Å². The van der Waals surface area contributed by atoms with Gasteiger partial charge in [-0.3, -0.25) is 0 Å². The molecule has 13 heavy (non-hydrogen) atoms. The molecule has 0 aliphatic carbocycles. The van der Waals surface area contributed by atoms with Crippen LogP contribution in [0.5, 0.6) is 0 Å². The van der Waals surface area contributed by atoms with E-state index in [4.69, 9.17) is 0 Å². The van der Waals surface area contributed by atoms with Crippen LogP contribution < -0.4 is 5.32 Å². The average Bonchev–Trinajstić information content (AvgIpc) is 2.11. The van der Waals surface area contributed by atoms with Crippen LogP contribution in [0.25, 0.3) is 0 Å². The summed E-state index contributed by atoms with van der Waals surface area (Å²) in [7, 11) is 0. The molecule has 1 N–H and O–H groups in total. The van der Waals surface area contributed by atoms with E-state index in [1.54, 1.807) is 0 Å². The lowest BCUT2D eigenvalue weighted by molar-refractivity contribution is 0.839. The van der Waals surface area contributed by atoms with Gasteiger partial charge in [-0.05, 0) is 32.0 Å². The molecule has 0 aliphatic rings. The minimum absolute atomic E-state index is 1.00. The van der Waals surface area contributed by atoms with Gasteiger partial charge in [-0.15, -0.1) is 11.8 Å². The highest BCUT2D eigenvalue weighted by Crippen LogP contribution is 2.22. The van der Waals surface area contributed by atoms with Crippen molar-refractivity contribution >= 4 is 11.8 Å². The van der Waals surface area contributed by atoms with Crippen LogP contribution >= 0.6 is 11.8 Å². The standard InChI is InChI=1S/C11H17NS/c1-4-12-8-13-11-7-9(2)5-6-10(11)3/h5-7,12H,4,8H2,1-3H3. The second-order valence-electron chi connectivity index (χ2n) is 3.16. The maximum absolute atomic E-state index is 3.31. The number of nitrogens with one attached hydrogen (secondary N) is 1. The molecule has 1 aromatic rings. The zero-order chi connectivity index (χ0) is 9.68. The minimum Gasteiger partial charge on any atom is -0.308 e. The molecule has 0 radical (unpaired) electrons. The Morgan fingerprint density at radius 2 is 2.08 bits per heavy atom. The first-order valence-corrected chi connectivity index (χ1v) is 5.63. The van der Waals surface area contributed by atoms with Gasteiger partial charge >= 0.3 is 0 Å². The summed E-state index contributed by atoms with van der Waals surface area (Å²) in [6, 6.07) is 6.59. The van der Waals surface area contributed by atoms with Gasteiger partial charge in [-0.2, -0.15) is 0 Å². The van der Waals surface area contributed by atoms with Gasteiger partial charge in [0.25, 0.3) is 0 Å². The van der Waals surface area contributed by atoms with E-state index in [-0.39, 0.29) is 0 Å². The van der Waals surface area contributed by atoms with Crippen LogP contribution in [-0.2, 0) is 0 Å². The third-order valence-corrected chi connectivity index (χ3v) is 3.02. The van der Waals surface area contributed by atoms with E-state index in [0.29, 0.717) is 0 Å². The van der Waals surface area contributed by atoms with Crippen molar-refractivity contribution in [2.24, 2.45) is 0 Å². The predicted molar refractivity (Wildman–Crippen MR) is 60.3 cm³/mol. The van der Waals surface area contributed by atoms with Crippen molar-refractivity contribution in [2.75, 3.05) is 12.4 Å². The Morgan fingerprint density at radius 3 is 2.77 bits per heavy atom. The van der Waals surface area contributed by atoms with E-state index in [1.165, 1.54) is 16.0 Å². The van der Waals surface area contributed by atoms with Crippen molar-refractivity contribution in [3.63, 3.8) is 0 Å². The number of benzene rings is 1. The van der Waals surface area contributed by atoms with Gasteiger partial charge in [0.1, 0.15) is 0 Å². The van der Waals surface area contributed by atoms with Crippen LogP contribution in [0, 0.1) is 13.8 Å². The van der Waals surface area contributed by atoms with Crippen molar-refractivity contribution in [1.82, 2.24) is 5.32 Å². The number of aryl methyl sites for hydroxylation is 2. The lowest BCUT2D eigenvalue weighted by Gasteiger charge is -2.06. The first-order chi connectivity index (χ1) is 6.24. The normalized spacial score (nSPS) is 10.4. The third-order valence-electron chi connectivity index (χ3n) is 1.92. The van der Waals surface area contributed by atoms with Crippen LogP contribution in [0.15, 0.2) is 23.1 Å². The number of hydrogen-bond donors (Lipinski definition) is 1. The second kappa shape index (κ2) is 5.30. The zero-order valence-electron chi connectivity index (χ0n) is 8.55. The molecule has 2 heteroatoms. The van der Waals surface area contributed by atoms with E-state index in [1.807, 2.05) is 11.8 Å². The molecule has 1 rings (SSSR count). The second-order valence-corrected chi connectivity index (χ2v) is 4.18. The largest absolute Gasteiger partial charge is 0.308 e. The van der Waals surface area contributed by atoms with Crippen LogP contribution in [0.1, 0.15) is 18.1 Å². The molecule has 0 amide bonds. The Bertz CT molecular complexity index is 271. The molecule has 0 aromatic heterocycles. The Morgan fingerprint density at radius 1 is 1.31 bits per heavy atom. The molecule has 0 heterocycles. The molecule has 0 unspecified atom stereocenters. The molecule has 0 fully saturated rings. The molecule has 0 bridgehead atoms. The lowest BCUT2D eigenvalue weighted by Crippen LogP contribution is -2.10. The third kappa shape index (κ3) is 3.41. The molecule has 0 atom stereocenters. The summed E-state index contributed by atoms with van der Waals surface area (Å²) in [5.74, 6) is 1.00. The molecule has 1 aromatic carbocycles. The Hall–Kier alpha value is -0.470. The molecular weight excluding hydrogens is 178 g/mol. The van der Waals surface area contributed by atoms with Gasteiger partial charge in [0.05, 0.1) is 0 Å². The summed E-state index contributed by atoms with van der Waals surface area (Å²) in [6.45, 7) is 7.46. The van der Waals surface area contributed by atoms with Gasteiger partial charge in [0.2, 0.25) is 0 Å². The summed E-state index contributed by atoms with van der Waals surface area (Å²) in [4.78, 5) is 1.39. The van der Waals surface area contributed by atoms with Gasteiger partial charge < -0.3 is 5.32 Å². The molecule has 0 saturated heterocycles. The summed E-state index contributed by atoms with van der Waals surface area (Å²) in [5, 5.41) is 3.31. The Labute approximate surface area is 84.9 Å². The number of thioether (sulfide) groups is 1. The van der Waals surface area contributed by atoms with Crippen molar-refractivity contribution in [1.29, 1.82) is 0 Å². The monoisotopic (exact) mass is 195 g/mol. The molecule has 0 saturated carbocycles. The predicted octanol–water partition coefficient (Wildman–Crippen LogP) is 2.96. The number of hydrogen-bond acceptors (Lipinski definition) is 2. The molecule has 1 nitrogen and oxygen atoms in total. The fraction of sp³-hybridized carbons (Fsp3) is 0.455. The van der Waals surface area contributed by atoms with E-state index in [2.05, 4.69) is 44.3 Å². The van der Waals surface area contributed by atoms with E-state index in [9.17, 15) is 0 Å². The lowest BCUT2D eigenvalue weighted by atomic mass is 10.2. The maximum atomic E-state index is 3.31. The van der Waals surface area contributed by atoms with Gasteiger partial charge in [0, 0.05) is 10.8 Å². The fourth-order valence-electron chi connectivity index (χ4n) is 1.09. The van der Waals surface area contributed by atoms with Crippen LogP contribution in [0.4, 0.5) is 0 Å². The number of rotatable bonds is 4. The van der Waals surface area contributed by atoms with Gasteiger partial charge in [-0.1, -0.05) is 24.6 Å². The smallest absolute Gasteiger partial charge is 0.0465 e. The highest BCUT2D eigenvalue weighted by Gasteiger charge is 1.97. The zero-order valence-corrected chi connectivity index (χ0v) is 9.37. The molecular formula is C11H17NS. The first-order valence-electron chi connectivity index (χ1n) is 4.65. The van der Waals surface area contributed by atoms with Crippen molar-refractivity contribution in [3.05, 3.63) is 29.3 Å². The Kier molecular flexibility index (Phi) is 4.33. The fourth-order valence-corrected chi connectivity index (χ4v) is 2.12. The Balaban J connectivity index is 2.59. The highest BCUT2D eigenvalue weighted by molar-refractivity contribution is 7.99. The minimum atomic E-state index is 1.00. The maximum Gasteiger partial charge on any atom is 0.0465 e. The van der Waals surface area contributed by atoms with Gasteiger partial charge in [-0.25, -0.2) is 0 Å². The van der Waals surface area contributed by atoms with E-state index in [0.717, 1.165) is 12.4 Å². The molecule has 72 valence electrons. The quantitative estimate of drug-likeness (QED) is 0.450. The van der Waals surface area contributed by atoms with Gasteiger partial charge in [0.15, 0.2) is 0 Å². The van der Waals surface area contributed by atoms with Crippen molar-refractivity contribution in [3.8, 4) is 0 Å². The van der Waals surface area contributed by atoms with Crippen molar-refractivity contribution < 1.29 is 0 Å². The van der Waals surface area contributed by atoms with E-state index < -0.39 is 0 Å². The average molecular weight is 195 g/mol. The topological polar surface area (TPSA) is 12.0 Å². The summed E-state index contributed by atoms with van der Waals surface area (Å²) in [5.41, 5.74) is 2.71. The van der Waals surface area contributed by atoms with Crippen LogP contribution in [-0.4, -0.2) is 12.4 Å². The first kappa shape index (κ1) is 10.6. The summed E-state index contributed by atoms with van der Waals surface area (Å²) < 4.78 is 0. The SMILES string of the molecule is CCNCSc1cc(C)ccc1C. The van der Waals surface area contributed by atoms with E-state index >= 15 is 0 Å². The van der Waals surface area contributed by atoms with Crippen molar-refractivity contribution in [2.45, 2.75) is 25.7 Å². The summed E-state index contributed by atoms with van der Waals surface area (Å²) in [6.07, 6.45) is 0. The molecule has 0 spiro atoms. The molecule has 0 aliphatic heterocycles. The van der Waals surface area contributed by atoms with Crippen LogP contribution in [0.2, 0.25) is 0 Å². The summed E-state index contributed by atoms with van der Waals surface area (Å²) >= 11 is 1.87.